The lowest BCUT2D eigenvalue weighted by Crippen LogP contribution is -2.12. The average Bonchev–Trinajstić information content (AvgIpc) is 2.90. The average molecular weight is 240 g/mol. The zero-order chi connectivity index (χ0) is 13.0. The van der Waals surface area contributed by atoms with Crippen LogP contribution in [0.3, 0.4) is 0 Å². The molecule has 0 aliphatic carbocycles. The van der Waals surface area contributed by atoms with Crippen LogP contribution < -0.4 is 5.73 Å². The highest BCUT2D eigenvalue weighted by atomic mass is 14.9. The molecular formula is C14H16N4. The Bertz CT molecular complexity index is 561. The molecule has 18 heavy (non-hydrogen) atoms. The van der Waals surface area contributed by atoms with Crippen molar-refractivity contribution >= 4 is 0 Å². The quantitative estimate of drug-likeness (QED) is 0.861. The molecule has 1 heterocycles. The lowest BCUT2D eigenvalue weighted by molar-refractivity contribution is 0.639. The summed E-state index contributed by atoms with van der Waals surface area (Å²) in [5.41, 5.74) is 8.25. The molecule has 0 aliphatic heterocycles. The van der Waals surface area contributed by atoms with E-state index in [1.54, 1.807) is 12.3 Å². The number of nitrogens with one attached hydrogen (secondary N) is 1. The summed E-state index contributed by atoms with van der Waals surface area (Å²) in [5, 5.41) is 8.89. The zero-order valence-corrected chi connectivity index (χ0v) is 10.4. The monoisotopic (exact) mass is 240 g/mol. The molecule has 0 fully saturated rings. The first-order valence-electron chi connectivity index (χ1n) is 6.04. The molecule has 0 amide bonds. The molecular weight excluding hydrogens is 224 g/mol. The van der Waals surface area contributed by atoms with E-state index in [9.17, 15) is 0 Å². The normalized spacial score (nSPS) is 12.1. The molecule has 3 N–H and O–H groups in total. The van der Waals surface area contributed by atoms with Crippen molar-refractivity contribution in [3.63, 3.8) is 0 Å². The van der Waals surface area contributed by atoms with Gasteiger partial charge in [-0.1, -0.05) is 19.1 Å². The minimum atomic E-state index is 0.262. The number of H-pyrrole nitrogens is 1. The minimum absolute atomic E-state index is 0.262. The van der Waals surface area contributed by atoms with E-state index in [1.807, 2.05) is 18.2 Å². The molecule has 0 bridgehead atoms. The van der Waals surface area contributed by atoms with Crippen LogP contribution in [0.2, 0.25) is 0 Å². The summed E-state index contributed by atoms with van der Waals surface area (Å²) in [4.78, 5) is 7.65. The Balaban J connectivity index is 2.32. The Labute approximate surface area is 106 Å². The number of nitrogens with two attached hydrogens (primary N) is 1. The van der Waals surface area contributed by atoms with E-state index in [0.717, 1.165) is 23.5 Å². The van der Waals surface area contributed by atoms with Crippen molar-refractivity contribution in [1.82, 2.24) is 9.97 Å². The number of benzene rings is 1. The van der Waals surface area contributed by atoms with Gasteiger partial charge in [-0.2, -0.15) is 5.26 Å². The van der Waals surface area contributed by atoms with Crippen LogP contribution in [0.15, 0.2) is 30.5 Å². The standard InChI is InChI=1S/C14H16N4/c1-2-11(8-16)14-17-9-13(18-14)12-5-3-4-10(6-12)7-15/h3-6,9,11H,2,8,16H2,1H3,(H,17,18). The van der Waals surface area contributed by atoms with Crippen molar-refractivity contribution in [3.05, 3.63) is 41.9 Å². The smallest absolute Gasteiger partial charge is 0.110 e. The summed E-state index contributed by atoms with van der Waals surface area (Å²) in [6, 6.07) is 9.60. The maximum Gasteiger partial charge on any atom is 0.110 e. The van der Waals surface area contributed by atoms with Gasteiger partial charge in [-0.05, 0) is 18.6 Å². The molecule has 1 unspecified atom stereocenters. The number of nitriles is 1. The maximum atomic E-state index is 8.89. The topological polar surface area (TPSA) is 78.5 Å². The summed E-state index contributed by atoms with van der Waals surface area (Å²) in [5.74, 6) is 1.18. The lowest BCUT2D eigenvalue weighted by atomic mass is 10.1. The highest BCUT2D eigenvalue weighted by Gasteiger charge is 2.12. The first kappa shape index (κ1) is 12.3. The first-order chi connectivity index (χ1) is 8.78. The van der Waals surface area contributed by atoms with Gasteiger partial charge in [0.15, 0.2) is 0 Å². The van der Waals surface area contributed by atoms with Gasteiger partial charge in [0.2, 0.25) is 0 Å². The number of imidazole rings is 1. The summed E-state index contributed by atoms with van der Waals surface area (Å²) >= 11 is 0. The van der Waals surface area contributed by atoms with E-state index >= 15 is 0 Å². The highest BCUT2D eigenvalue weighted by Crippen LogP contribution is 2.22. The van der Waals surface area contributed by atoms with E-state index in [2.05, 4.69) is 23.0 Å². The van der Waals surface area contributed by atoms with Gasteiger partial charge in [0.1, 0.15) is 5.82 Å². The number of nitrogens with zero attached hydrogens (tertiary/aromatic N) is 2. The van der Waals surface area contributed by atoms with Crippen LogP contribution in [0.1, 0.15) is 30.7 Å². The van der Waals surface area contributed by atoms with Crippen molar-refractivity contribution in [2.24, 2.45) is 5.73 Å². The van der Waals surface area contributed by atoms with E-state index in [0.29, 0.717) is 12.1 Å². The molecule has 1 atom stereocenters. The van der Waals surface area contributed by atoms with Crippen molar-refractivity contribution in [1.29, 1.82) is 5.26 Å². The van der Waals surface area contributed by atoms with Gasteiger partial charge >= 0.3 is 0 Å². The van der Waals surface area contributed by atoms with Crippen LogP contribution in [0, 0.1) is 11.3 Å². The number of hydrogen-bond donors (Lipinski definition) is 2. The van der Waals surface area contributed by atoms with Crippen molar-refractivity contribution in [2.45, 2.75) is 19.3 Å². The summed E-state index contributed by atoms with van der Waals surface area (Å²) < 4.78 is 0. The Hall–Kier alpha value is -2.12. The summed E-state index contributed by atoms with van der Waals surface area (Å²) in [7, 11) is 0. The molecule has 0 spiro atoms. The molecule has 4 nitrogen and oxygen atoms in total. The van der Waals surface area contributed by atoms with Crippen molar-refractivity contribution < 1.29 is 0 Å². The number of rotatable bonds is 4. The largest absolute Gasteiger partial charge is 0.342 e. The zero-order valence-electron chi connectivity index (χ0n) is 10.4. The fraction of sp³-hybridized carbons (Fsp3) is 0.286. The van der Waals surface area contributed by atoms with Crippen molar-refractivity contribution in [3.8, 4) is 17.3 Å². The molecule has 0 saturated heterocycles. The van der Waals surface area contributed by atoms with Crippen LogP contribution in [-0.4, -0.2) is 16.5 Å². The fourth-order valence-electron chi connectivity index (χ4n) is 1.92. The molecule has 1 aromatic carbocycles. The molecule has 0 aliphatic rings. The van der Waals surface area contributed by atoms with Crippen LogP contribution in [0.25, 0.3) is 11.3 Å². The second kappa shape index (κ2) is 5.48. The SMILES string of the molecule is CCC(CN)c1ncc(-c2cccc(C#N)c2)[nH]1. The van der Waals surface area contributed by atoms with Gasteiger partial charge in [0.25, 0.3) is 0 Å². The highest BCUT2D eigenvalue weighted by molar-refractivity contribution is 5.60. The number of aromatic amines is 1. The summed E-state index contributed by atoms with van der Waals surface area (Å²) in [6.45, 7) is 2.68. The Morgan fingerprint density at radius 2 is 2.33 bits per heavy atom. The van der Waals surface area contributed by atoms with Gasteiger partial charge in [0.05, 0.1) is 23.5 Å². The molecule has 4 heteroatoms. The van der Waals surface area contributed by atoms with Gasteiger partial charge in [-0.3, -0.25) is 0 Å². The van der Waals surface area contributed by atoms with Crippen LogP contribution in [0.4, 0.5) is 0 Å². The lowest BCUT2D eigenvalue weighted by Gasteiger charge is -2.07. The van der Waals surface area contributed by atoms with E-state index in [1.165, 1.54) is 0 Å². The third kappa shape index (κ3) is 2.41. The molecule has 92 valence electrons. The second-order valence-corrected chi connectivity index (χ2v) is 4.22. The molecule has 1 aromatic heterocycles. The van der Waals surface area contributed by atoms with Gasteiger partial charge in [-0.25, -0.2) is 4.98 Å². The maximum absolute atomic E-state index is 8.89. The predicted molar refractivity (Wildman–Crippen MR) is 70.8 cm³/mol. The van der Waals surface area contributed by atoms with E-state index in [-0.39, 0.29) is 5.92 Å². The summed E-state index contributed by atoms with van der Waals surface area (Å²) in [6.07, 6.45) is 2.76. The molecule has 2 aromatic rings. The van der Waals surface area contributed by atoms with Crippen LogP contribution in [-0.2, 0) is 0 Å². The van der Waals surface area contributed by atoms with E-state index < -0.39 is 0 Å². The minimum Gasteiger partial charge on any atom is -0.342 e. The Morgan fingerprint density at radius 1 is 1.50 bits per heavy atom. The fourth-order valence-corrected chi connectivity index (χ4v) is 1.92. The third-order valence-corrected chi connectivity index (χ3v) is 3.06. The van der Waals surface area contributed by atoms with Crippen LogP contribution >= 0.6 is 0 Å². The third-order valence-electron chi connectivity index (χ3n) is 3.06. The number of hydrogen-bond acceptors (Lipinski definition) is 3. The Kier molecular flexibility index (Phi) is 3.75. The van der Waals surface area contributed by atoms with E-state index in [4.69, 9.17) is 11.0 Å². The molecule has 0 radical (unpaired) electrons. The van der Waals surface area contributed by atoms with Crippen LogP contribution in [0.5, 0.6) is 0 Å². The second-order valence-electron chi connectivity index (χ2n) is 4.22. The molecule has 0 saturated carbocycles. The molecule has 2 rings (SSSR count). The first-order valence-corrected chi connectivity index (χ1v) is 6.04. The van der Waals surface area contributed by atoms with Crippen molar-refractivity contribution in [2.75, 3.05) is 6.54 Å². The van der Waals surface area contributed by atoms with Gasteiger partial charge in [-0.15, -0.1) is 0 Å². The Morgan fingerprint density at radius 3 is 3.00 bits per heavy atom. The number of aromatic nitrogens is 2. The van der Waals surface area contributed by atoms with Gasteiger partial charge in [0, 0.05) is 18.0 Å². The van der Waals surface area contributed by atoms with Gasteiger partial charge < -0.3 is 10.7 Å². The predicted octanol–water partition coefficient (Wildman–Crippen LogP) is 2.40.